The normalized spacial score (nSPS) is 12.3. The molecule has 16 heavy (non-hydrogen) atoms. The van der Waals surface area contributed by atoms with Gasteiger partial charge in [0.05, 0.1) is 18.7 Å². The van der Waals surface area contributed by atoms with E-state index >= 15 is 0 Å². The van der Waals surface area contributed by atoms with E-state index in [1.807, 2.05) is 19.1 Å². The molecule has 0 aromatic heterocycles. The van der Waals surface area contributed by atoms with Crippen molar-refractivity contribution in [1.82, 2.24) is 0 Å². The van der Waals surface area contributed by atoms with Crippen LogP contribution < -0.4 is 15.2 Å². The van der Waals surface area contributed by atoms with E-state index in [9.17, 15) is 0 Å². The van der Waals surface area contributed by atoms with E-state index in [-0.39, 0.29) is 6.04 Å². The fourth-order valence-electron chi connectivity index (χ4n) is 1.51. The van der Waals surface area contributed by atoms with E-state index in [2.05, 4.69) is 15.9 Å². The van der Waals surface area contributed by atoms with Crippen LogP contribution in [0.1, 0.15) is 18.9 Å². The number of nitrogens with two attached hydrogens (primary N) is 1. The van der Waals surface area contributed by atoms with Crippen LogP contribution in [0, 0.1) is 0 Å². The van der Waals surface area contributed by atoms with E-state index in [1.54, 1.807) is 14.2 Å². The molecule has 0 saturated carbocycles. The third-order valence-corrected chi connectivity index (χ3v) is 2.97. The average Bonchev–Trinajstić information content (AvgIpc) is 2.25. The Kier molecular flexibility index (Phi) is 5.09. The molecule has 0 saturated heterocycles. The van der Waals surface area contributed by atoms with Gasteiger partial charge in [0.1, 0.15) is 0 Å². The summed E-state index contributed by atoms with van der Waals surface area (Å²) in [6.45, 7) is 2.01. The summed E-state index contributed by atoms with van der Waals surface area (Å²) in [6.07, 6.45) is 1.90. The first-order chi connectivity index (χ1) is 7.58. The van der Waals surface area contributed by atoms with Crippen LogP contribution in [0.15, 0.2) is 16.6 Å². The van der Waals surface area contributed by atoms with Crippen molar-refractivity contribution in [3.05, 3.63) is 22.2 Å². The Morgan fingerprint density at radius 3 is 2.50 bits per heavy atom. The summed E-state index contributed by atoms with van der Waals surface area (Å²) in [5.74, 6) is 1.48. The zero-order valence-electron chi connectivity index (χ0n) is 9.92. The van der Waals surface area contributed by atoms with Gasteiger partial charge in [-0.15, -0.1) is 0 Å². The maximum atomic E-state index is 5.74. The third kappa shape index (κ3) is 3.39. The topological polar surface area (TPSA) is 44.5 Å². The molecule has 1 aromatic rings. The Balaban J connectivity index is 2.92. The van der Waals surface area contributed by atoms with Crippen molar-refractivity contribution in [1.29, 1.82) is 0 Å². The standard InChI is InChI=1S/C12H18BrNO2/c1-8(14)4-5-9-6-10(13)12(16-3)11(7-9)15-2/h6-8H,4-5,14H2,1-3H3/t8-/m1/s1. The minimum absolute atomic E-state index is 0.215. The lowest BCUT2D eigenvalue weighted by Gasteiger charge is -2.12. The van der Waals surface area contributed by atoms with E-state index in [1.165, 1.54) is 5.56 Å². The molecule has 0 amide bonds. The molecule has 0 aliphatic carbocycles. The largest absolute Gasteiger partial charge is 0.493 e. The second kappa shape index (κ2) is 6.11. The summed E-state index contributed by atoms with van der Waals surface area (Å²) in [7, 11) is 3.27. The van der Waals surface area contributed by atoms with Gasteiger partial charge < -0.3 is 15.2 Å². The van der Waals surface area contributed by atoms with Gasteiger partial charge in [0.25, 0.3) is 0 Å². The first-order valence-corrected chi connectivity index (χ1v) is 6.03. The van der Waals surface area contributed by atoms with Gasteiger partial charge in [-0.2, -0.15) is 0 Å². The molecule has 4 heteroatoms. The van der Waals surface area contributed by atoms with E-state index in [0.717, 1.165) is 28.8 Å². The summed E-state index contributed by atoms with van der Waals surface area (Å²) in [4.78, 5) is 0. The Labute approximate surface area is 105 Å². The summed E-state index contributed by atoms with van der Waals surface area (Å²) < 4.78 is 11.4. The highest BCUT2D eigenvalue weighted by Crippen LogP contribution is 2.36. The predicted octanol–water partition coefficient (Wildman–Crippen LogP) is 2.75. The van der Waals surface area contributed by atoms with Crippen molar-refractivity contribution in [3.8, 4) is 11.5 Å². The van der Waals surface area contributed by atoms with Crippen molar-refractivity contribution >= 4 is 15.9 Å². The van der Waals surface area contributed by atoms with Crippen molar-refractivity contribution < 1.29 is 9.47 Å². The van der Waals surface area contributed by atoms with Crippen molar-refractivity contribution in [2.24, 2.45) is 5.73 Å². The number of hydrogen-bond acceptors (Lipinski definition) is 3. The Hall–Kier alpha value is -0.740. The lowest BCUT2D eigenvalue weighted by Crippen LogP contribution is -2.15. The molecule has 1 rings (SSSR count). The van der Waals surface area contributed by atoms with Crippen LogP contribution >= 0.6 is 15.9 Å². The lowest BCUT2D eigenvalue weighted by atomic mass is 10.1. The van der Waals surface area contributed by atoms with E-state index in [4.69, 9.17) is 15.2 Å². The lowest BCUT2D eigenvalue weighted by molar-refractivity contribution is 0.352. The minimum atomic E-state index is 0.215. The van der Waals surface area contributed by atoms with Crippen molar-refractivity contribution in [3.63, 3.8) is 0 Å². The third-order valence-electron chi connectivity index (χ3n) is 2.38. The number of aryl methyl sites for hydroxylation is 1. The first kappa shape index (κ1) is 13.3. The van der Waals surface area contributed by atoms with Gasteiger partial charge in [-0.3, -0.25) is 0 Å². The van der Waals surface area contributed by atoms with Crippen LogP contribution in [0.25, 0.3) is 0 Å². The van der Waals surface area contributed by atoms with Gasteiger partial charge >= 0.3 is 0 Å². The SMILES string of the molecule is COc1cc(CC[C@@H](C)N)cc(Br)c1OC. The summed E-state index contributed by atoms with van der Waals surface area (Å²) in [6, 6.07) is 4.25. The highest BCUT2D eigenvalue weighted by Gasteiger charge is 2.10. The Morgan fingerprint density at radius 1 is 1.31 bits per heavy atom. The Morgan fingerprint density at radius 2 is 2.00 bits per heavy atom. The van der Waals surface area contributed by atoms with Crippen molar-refractivity contribution in [2.75, 3.05) is 14.2 Å². The van der Waals surface area contributed by atoms with Gasteiger partial charge in [-0.1, -0.05) is 0 Å². The predicted molar refractivity (Wildman–Crippen MR) is 69.2 cm³/mol. The number of methoxy groups -OCH3 is 2. The zero-order chi connectivity index (χ0) is 12.1. The number of rotatable bonds is 5. The fraction of sp³-hybridized carbons (Fsp3) is 0.500. The quantitative estimate of drug-likeness (QED) is 0.906. The zero-order valence-corrected chi connectivity index (χ0v) is 11.5. The van der Waals surface area contributed by atoms with E-state index < -0.39 is 0 Å². The average molecular weight is 288 g/mol. The van der Waals surface area contributed by atoms with E-state index in [0.29, 0.717) is 0 Å². The first-order valence-electron chi connectivity index (χ1n) is 5.24. The summed E-state index contributed by atoms with van der Waals surface area (Å²) in [5.41, 5.74) is 6.93. The van der Waals surface area contributed by atoms with Gasteiger partial charge in [0.15, 0.2) is 11.5 Å². The monoisotopic (exact) mass is 287 g/mol. The number of ether oxygens (including phenoxy) is 2. The molecule has 90 valence electrons. The molecule has 0 spiro atoms. The molecule has 0 heterocycles. The molecule has 0 aliphatic heterocycles. The number of halogens is 1. The van der Waals surface area contributed by atoms with Crippen LogP contribution in [-0.2, 0) is 6.42 Å². The summed E-state index contributed by atoms with van der Waals surface area (Å²) >= 11 is 3.47. The van der Waals surface area contributed by atoms with Gasteiger partial charge in [-0.05, 0) is 53.4 Å². The summed E-state index contributed by atoms with van der Waals surface area (Å²) in [5, 5.41) is 0. The van der Waals surface area contributed by atoms with Crippen LogP contribution in [-0.4, -0.2) is 20.3 Å². The number of benzene rings is 1. The van der Waals surface area contributed by atoms with Crippen LogP contribution in [0.4, 0.5) is 0 Å². The Bertz CT molecular complexity index is 353. The van der Waals surface area contributed by atoms with Gasteiger partial charge in [0, 0.05) is 6.04 Å². The maximum Gasteiger partial charge on any atom is 0.174 e. The molecule has 0 fully saturated rings. The molecule has 3 nitrogen and oxygen atoms in total. The minimum Gasteiger partial charge on any atom is -0.493 e. The van der Waals surface area contributed by atoms with Crippen LogP contribution in [0.3, 0.4) is 0 Å². The molecule has 0 bridgehead atoms. The molecule has 0 radical (unpaired) electrons. The molecule has 0 aliphatic rings. The molecule has 2 N–H and O–H groups in total. The smallest absolute Gasteiger partial charge is 0.174 e. The second-order valence-corrected chi connectivity index (χ2v) is 4.68. The number of hydrogen-bond donors (Lipinski definition) is 1. The highest BCUT2D eigenvalue weighted by atomic mass is 79.9. The highest BCUT2D eigenvalue weighted by molar-refractivity contribution is 9.10. The molecular weight excluding hydrogens is 270 g/mol. The molecule has 1 aromatic carbocycles. The molecule has 1 atom stereocenters. The van der Waals surface area contributed by atoms with Gasteiger partial charge in [-0.25, -0.2) is 0 Å². The second-order valence-electron chi connectivity index (χ2n) is 3.83. The molecule has 0 unspecified atom stereocenters. The molecular formula is C12H18BrNO2. The van der Waals surface area contributed by atoms with Crippen LogP contribution in [0.2, 0.25) is 0 Å². The van der Waals surface area contributed by atoms with Crippen molar-refractivity contribution in [2.45, 2.75) is 25.8 Å². The van der Waals surface area contributed by atoms with Crippen LogP contribution in [0.5, 0.6) is 11.5 Å². The maximum absolute atomic E-state index is 5.74. The fourth-order valence-corrected chi connectivity index (χ4v) is 2.16. The van der Waals surface area contributed by atoms with Gasteiger partial charge in [0.2, 0.25) is 0 Å².